The quantitative estimate of drug-likeness (QED) is 0.739. The summed E-state index contributed by atoms with van der Waals surface area (Å²) in [5.41, 5.74) is 0.00680. The summed E-state index contributed by atoms with van der Waals surface area (Å²) in [5.74, 6) is -0.541. The van der Waals surface area contributed by atoms with Gasteiger partial charge in [-0.1, -0.05) is 6.07 Å². The van der Waals surface area contributed by atoms with Crippen molar-refractivity contribution in [1.82, 2.24) is 19.7 Å². The maximum atomic E-state index is 13.7. The first-order chi connectivity index (χ1) is 9.65. The Labute approximate surface area is 117 Å². The second-order valence-corrected chi connectivity index (χ2v) is 5.61. The highest BCUT2D eigenvalue weighted by molar-refractivity contribution is 7.11. The highest BCUT2D eigenvalue weighted by Crippen LogP contribution is 2.12. The second kappa shape index (κ2) is 5.09. The van der Waals surface area contributed by atoms with E-state index in [4.69, 9.17) is 0 Å². The number of aromatic nitrogens is 4. The summed E-state index contributed by atoms with van der Waals surface area (Å²) >= 11 is 1.49. The summed E-state index contributed by atoms with van der Waals surface area (Å²) in [7, 11) is 0. The topological polar surface area (TPSA) is 60.7 Å². The summed E-state index contributed by atoms with van der Waals surface area (Å²) in [6, 6.07) is 4.43. The molecule has 3 rings (SSSR count). The third-order valence-electron chi connectivity index (χ3n) is 2.94. The van der Waals surface area contributed by atoms with Gasteiger partial charge in [-0.25, -0.2) is 9.37 Å². The van der Waals surface area contributed by atoms with Crippen molar-refractivity contribution in [3.8, 4) is 0 Å². The van der Waals surface area contributed by atoms with Crippen molar-refractivity contribution >= 4 is 22.2 Å². The van der Waals surface area contributed by atoms with Crippen LogP contribution in [0.3, 0.4) is 0 Å². The van der Waals surface area contributed by atoms with E-state index in [-0.39, 0.29) is 10.9 Å². The first kappa shape index (κ1) is 12.9. The van der Waals surface area contributed by atoms with E-state index < -0.39 is 5.82 Å². The Kier molecular flexibility index (Phi) is 3.27. The second-order valence-electron chi connectivity index (χ2n) is 4.34. The minimum absolute atomic E-state index is 0.0310. The fourth-order valence-corrected chi connectivity index (χ4v) is 2.67. The fourth-order valence-electron chi connectivity index (χ4n) is 1.97. The van der Waals surface area contributed by atoms with Crippen LogP contribution in [0.2, 0.25) is 0 Å². The molecule has 0 saturated carbocycles. The number of nitrogens with zero attached hydrogens (tertiary/aromatic N) is 4. The largest absolute Gasteiger partial charge is 0.298 e. The number of hydrogen-bond acceptors (Lipinski definition) is 5. The molecule has 0 aliphatic heterocycles. The van der Waals surface area contributed by atoms with Crippen molar-refractivity contribution in [2.45, 2.75) is 19.9 Å². The van der Waals surface area contributed by atoms with Crippen LogP contribution >= 0.6 is 11.3 Å². The average molecular weight is 290 g/mol. The molecule has 102 valence electrons. The molecule has 5 nitrogen and oxygen atoms in total. The van der Waals surface area contributed by atoms with E-state index in [1.807, 2.05) is 6.92 Å². The molecule has 1 aromatic carbocycles. The zero-order valence-corrected chi connectivity index (χ0v) is 11.5. The molecule has 0 saturated heterocycles. The lowest BCUT2D eigenvalue weighted by molar-refractivity contribution is 0.625. The van der Waals surface area contributed by atoms with Gasteiger partial charge < -0.3 is 0 Å². The molecule has 2 aromatic heterocycles. The fraction of sp³-hybridized carbons (Fsp3) is 0.231. The van der Waals surface area contributed by atoms with Crippen molar-refractivity contribution in [1.29, 1.82) is 0 Å². The van der Waals surface area contributed by atoms with Crippen LogP contribution in [0.4, 0.5) is 4.39 Å². The van der Waals surface area contributed by atoms with Crippen molar-refractivity contribution in [2.24, 2.45) is 0 Å². The van der Waals surface area contributed by atoms with Crippen molar-refractivity contribution in [3.63, 3.8) is 0 Å². The van der Waals surface area contributed by atoms with Gasteiger partial charge in [-0.3, -0.25) is 9.36 Å². The van der Waals surface area contributed by atoms with E-state index in [0.29, 0.717) is 18.5 Å². The summed E-state index contributed by atoms with van der Waals surface area (Å²) in [5, 5.41) is 9.69. The third kappa shape index (κ3) is 2.32. The Bertz CT molecular complexity index is 827. The molecule has 7 heteroatoms. The lowest BCUT2D eigenvalue weighted by Crippen LogP contribution is -2.22. The molecule has 0 bridgehead atoms. The molecule has 0 amide bonds. The minimum Gasteiger partial charge on any atom is -0.298 e. The molecule has 0 aliphatic rings. The van der Waals surface area contributed by atoms with Crippen LogP contribution < -0.4 is 5.56 Å². The molecule has 0 spiro atoms. The molecular formula is C13H11FN4OS. The normalized spacial score (nSPS) is 11.1. The van der Waals surface area contributed by atoms with Gasteiger partial charge in [-0.05, 0) is 19.1 Å². The maximum Gasteiger partial charge on any atom is 0.264 e. The Morgan fingerprint density at radius 2 is 2.20 bits per heavy atom. The molecule has 0 aliphatic carbocycles. The number of fused-ring (bicyclic) bond motifs is 1. The van der Waals surface area contributed by atoms with E-state index in [9.17, 15) is 9.18 Å². The average Bonchev–Trinajstić information content (AvgIpc) is 2.84. The Balaban J connectivity index is 1.94. The molecule has 0 N–H and O–H groups in total. The molecule has 2 heterocycles. The van der Waals surface area contributed by atoms with E-state index >= 15 is 0 Å². The smallest absolute Gasteiger partial charge is 0.264 e. The van der Waals surface area contributed by atoms with Gasteiger partial charge >= 0.3 is 0 Å². The molecule has 20 heavy (non-hydrogen) atoms. The predicted octanol–water partition coefficient (Wildman–Crippen LogP) is 1.94. The van der Waals surface area contributed by atoms with Crippen LogP contribution in [0.15, 0.2) is 29.3 Å². The van der Waals surface area contributed by atoms with Crippen LogP contribution in [-0.4, -0.2) is 19.7 Å². The SMILES string of the molecule is Cc1nnc(CCn2cnc3cccc(F)c3c2=O)s1. The van der Waals surface area contributed by atoms with Gasteiger partial charge in [-0.2, -0.15) is 0 Å². The van der Waals surface area contributed by atoms with Crippen LogP contribution in [-0.2, 0) is 13.0 Å². The molecule has 0 fully saturated rings. The first-order valence-corrected chi connectivity index (χ1v) is 6.89. The van der Waals surface area contributed by atoms with E-state index in [1.54, 1.807) is 12.1 Å². The van der Waals surface area contributed by atoms with E-state index in [0.717, 1.165) is 10.0 Å². The summed E-state index contributed by atoms with van der Waals surface area (Å²) < 4.78 is 15.1. The Morgan fingerprint density at radius 3 is 2.95 bits per heavy atom. The molecule has 0 unspecified atom stereocenters. The minimum atomic E-state index is -0.541. The summed E-state index contributed by atoms with van der Waals surface area (Å²) in [6.45, 7) is 2.28. The van der Waals surface area contributed by atoms with Crippen molar-refractivity contribution < 1.29 is 4.39 Å². The lowest BCUT2D eigenvalue weighted by Gasteiger charge is -2.05. The van der Waals surface area contributed by atoms with Crippen molar-refractivity contribution in [2.75, 3.05) is 0 Å². The molecular weight excluding hydrogens is 279 g/mol. The number of halogens is 1. The van der Waals surface area contributed by atoms with Gasteiger partial charge in [-0.15, -0.1) is 21.5 Å². The summed E-state index contributed by atoms with van der Waals surface area (Å²) in [6.07, 6.45) is 2.02. The van der Waals surface area contributed by atoms with Gasteiger partial charge in [0.15, 0.2) is 0 Å². The number of hydrogen-bond donors (Lipinski definition) is 0. The molecule has 3 aromatic rings. The zero-order chi connectivity index (χ0) is 14.1. The van der Waals surface area contributed by atoms with Gasteiger partial charge in [0.25, 0.3) is 5.56 Å². The van der Waals surface area contributed by atoms with Crippen LogP contribution in [0.1, 0.15) is 10.0 Å². The Morgan fingerprint density at radius 1 is 1.35 bits per heavy atom. The van der Waals surface area contributed by atoms with Gasteiger partial charge in [0.1, 0.15) is 21.2 Å². The van der Waals surface area contributed by atoms with E-state index in [1.165, 1.54) is 28.3 Å². The number of rotatable bonds is 3. The van der Waals surface area contributed by atoms with Crippen molar-refractivity contribution in [3.05, 3.63) is 50.7 Å². The lowest BCUT2D eigenvalue weighted by atomic mass is 10.2. The van der Waals surface area contributed by atoms with Gasteiger partial charge in [0.2, 0.25) is 0 Å². The highest BCUT2D eigenvalue weighted by atomic mass is 32.1. The summed E-state index contributed by atoms with van der Waals surface area (Å²) in [4.78, 5) is 16.3. The highest BCUT2D eigenvalue weighted by Gasteiger charge is 2.09. The van der Waals surface area contributed by atoms with Crippen LogP contribution in [0, 0.1) is 12.7 Å². The van der Waals surface area contributed by atoms with Gasteiger partial charge in [0, 0.05) is 13.0 Å². The van der Waals surface area contributed by atoms with Gasteiger partial charge in [0.05, 0.1) is 11.8 Å². The third-order valence-corrected chi connectivity index (χ3v) is 3.84. The number of benzene rings is 1. The Hall–Kier alpha value is -2.15. The predicted molar refractivity (Wildman–Crippen MR) is 74.3 cm³/mol. The van der Waals surface area contributed by atoms with Crippen LogP contribution in [0.5, 0.6) is 0 Å². The van der Waals surface area contributed by atoms with E-state index in [2.05, 4.69) is 15.2 Å². The molecule has 0 atom stereocenters. The molecule has 0 radical (unpaired) electrons. The first-order valence-electron chi connectivity index (χ1n) is 6.08. The van der Waals surface area contributed by atoms with Crippen LogP contribution in [0.25, 0.3) is 10.9 Å². The standard InChI is InChI=1S/C13H11FN4OS/c1-8-16-17-11(20-8)5-6-18-7-15-10-4-2-3-9(14)12(10)13(18)19/h2-4,7H,5-6H2,1H3. The zero-order valence-electron chi connectivity index (χ0n) is 10.7. The maximum absolute atomic E-state index is 13.7. The number of aryl methyl sites for hydroxylation is 3. The monoisotopic (exact) mass is 290 g/mol.